The highest BCUT2D eigenvalue weighted by molar-refractivity contribution is 5.71. The van der Waals surface area contributed by atoms with Crippen LogP contribution in [0.1, 0.15) is 233 Å². The Balaban J connectivity index is 4.53. The maximum Gasteiger partial charge on any atom is 0.306 e. The van der Waals surface area contributed by atoms with Crippen LogP contribution in [-0.4, -0.2) is 37.2 Å². The topological polar surface area (TPSA) is 78.9 Å². The van der Waals surface area contributed by atoms with Crippen LogP contribution in [0.25, 0.3) is 0 Å². The van der Waals surface area contributed by atoms with E-state index in [4.69, 9.17) is 14.2 Å². The molecular weight excluding hydrogens is 841 g/mol. The van der Waals surface area contributed by atoms with Crippen LogP contribution in [0, 0.1) is 0 Å². The van der Waals surface area contributed by atoms with Crippen molar-refractivity contribution in [3.8, 4) is 0 Å². The Hall–Kier alpha value is -4.19. The number of carbonyl (C=O) groups is 3. The van der Waals surface area contributed by atoms with E-state index in [1.54, 1.807) is 0 Å². The van der Waals surface area contributed by atoms with Gasteiger partial charge in [0.2, 0.25) is 0 Å². The number of hydrogen-bond acceptors (Lipinski definition) is 6. The Morgan fingerprint density at radius 1 is 0.309 bits per heavy atom. The predicted octanol–water partition coefficient (Wildman–Crippen LogP) is 18.5. The number of allylic oxidation sites excluding steroid dienone is 20. The van der Waals surface area contributed by atoms with Crippen molar-refractivity contribution in [3.63, 3.8) is 0 Å². The van der Waals surface area contributed by atoms with Crippen LogP contribution >= 0.6 is 0 Å². The monoisotopic (exact) mass is 941 g/mol. The van der Waals surface area contributed by atoms with Crippen molar-refractivity contribution in [2.75, 3.05) is 13.2 Å². The van der Waals surface area contributed by atoms with Gasteiger partial charge in [-0.3, -0.25) is 14.4 Å². The van der Waals surface area contributed by atoms with Gasteiger partial charge < -0.3 is 14.2 Å². The van der Waals surface area contributed by atoms with Crippen molar-refractivity contribution >= 4 is 17.9 Å². The van der Waals surface area contributed by atoms with Gasteiger partial charge >= 0.3 is 17.9 Å². The predicted molar refractivity (Wildman–Crippen MR) is 293 cm³/mol. The number of ether oxygens (including phenoxy) is 3. The zero-order valence-electron chi connectivity index (χ0n) is 43.8. The second-order valence-corrected chi connectivity index (χ2v) is 17.7. The standard InChI is InChI=1S/C62H100O6/c1-4-7-10-13-16-19-22-25-28-30-31-33-34-37-40-43-46-49-52-55-61(64)67-58-59(57-66-60(63)54-51-48-45-42-39-36-27-24-21-18-15-12-9-6-3)68-62(65)56-53-50-47-44-41-38-35-32-29-26-23-20-17-14-11-8-5-2/h8,11,15-20,24-29,31,33,35,38,44,47,59H,4-7,9-10,12-14,21-23,30,32,34,36-37,39-43,45-46,48-58H2,1-3H3/b11-8-,18-15-,19-16-,20-17-,27-24-,28-25-,29-26-,33-31-,38-35-,47-44-/t59-/m1/s1. The number of rotatable bonds is 48. The first-order valence-corrected chi connectivity index (χ1v) is 27.5. The first-order chi connectivity index (χ1) is 33.5. The average Bonchev–Trinajstić information content (AvgIpc) is 3.34. The summed E-state index contributed by atoms with van der Waals surface area (Å²) in [6.07, 6.45) is 76.1. The van der Waals surface area contributed by atoms with Crippen LogP contribution in [0.5, 0.6) is 0 Å². The molecule has 0 aliphatic carbocycles. The van der Waals surface area contributed by atoms with E-state index >= 15 is 0 Å². The van der Waals surface area contributed by atoms with E-state index in [-0.39, 0.29) is 37.5 Å². The highest BCUT2D eigenvalue weighted by atomic mass is 16.6. The third-order valence-corrected chi connectivity index (χ3v) is 11.2. The second-order valence-electron chi connectivity index (χ2n) is 17.7. The summed E-state index contributed by atoms with van der Waals surface area (Å²) in [5.74, 6) is -1.00. The smallest absolute Gasteiger partial charge is 0.306 e. The molecule has 0 saturated carbocycles. The normalized spacial score (nSPS) is 13.0. The fraction of sp³-hybridized carbons (Fsp3) is 0.629. The summed E-state index contributed by atoms with van der Waals surface area (Å²) < 4.78 is 16.8. The van der Waals surface area contributed by atoms with Crippen LogP contribution in [0.3, 0.4) is 0 Å². The van der Waals surface area contributed by atoms with Crippen LogP contribution in [0.4, 0.5) is 0 Å². The minimum atomic E-state index is -0.823. The molecule has 0 N–H and O–H groups in total. The van der Waals surface area contributed by atoms with Gasteiger partial charge in [-0.15, -0.1) is 0 Å². The molecule has 0 rings (SSSR count). The van der Waals surface area contributed by atoms with Gasteiger partial charge in [0.05, 0.1) is 0 Å². The van der Waals surface area contributed by atoms with E-state index in [2.05, 4.69) is 142 Å². The van der Waals surface area contributed by atoms with E-state index in [0.29, 0.717) is 19.3 Å². The van der Waals surface area contributed by atoms with Crippen molar-refractivity contribution in [1.82, 2.24) is 0 Å². The molecule has 6 heteroatoms. The molecule has 0 aromatic carbocycles. The first-order valence-electron chi connectivity index (χ1n) is 27.5. The Morgan fingerprint density at radius 2 is 0.603 bits per heavy atom. The van der Waals surface area contributed by atoms with Crippen molar-refractivity contribution in [2.45, 2.75) is 239 Å². The largest absolute Gasteiger partial charge is 0.462 e. The van der Waals surface area contributed by atoms with Gasteiger partial charge in [0.15, 0.2) is 6.10 Å². The van der Waals surface area contributed by atoms with Gasteiger partial charge in [-0.05, 0) is 122 Å². The summed E-state index contributed by atoms with van der Waals surface area (Å²) in [4.78, 5) is 38.1. The van der Waals surface area contributed by atoms with Crippen LogP contribution in [0.2, 0.25) is 0 Å². The van der Waals surface area contributed by atoms with Crippen LogP contribution < -0.4 is 0 Å². The number of esters is 3. The highest BCUT2D eigenvalue weighted by Crippen LogP contribution is 2.13. The Morgan fingerprint density at radius 3 is 0.985 bits per heavy atom. The lowest BCUT2D eigenvalue weighted by Crippen LogP contribution is -2.30. The molecule has 0 aromatic heterocycles. The Bertz CT molecular complexity index is 1450. The maximum absolute atomic E-state index is 12.8. The summed E-state index contributed by atoms with van der Waals surface area (Å²) >= 11 is 0. The number of carbonyl (C=O) groups excluding carboxylic acids is 3. The molecule has 0 unspecified atom stereocenters. The summed E-state index contributed by atoms with van der Waals surface area (Å²) in [6.45, 7) is 6.38. The molecule has 0 aromatic rings. The molecule has 0 amide bonds. The van der Waals surface area contributed by atoms with Crippen LogP contribution in [0.15, 0.2) is 122 Å². The van der Waals surface area contributed by atoms with E-state index < -0.39 is 6.10 Å². The summed E-state index contributed by atoms with van der Waals surface area (Å²) in [5, 5.41) is 0. The van der Waals surface area contributed by atoms with E-state index in [1.165, 1.54) is 57.8 Å². The molecule has 0 bridgehead atoms. The molecule has 6 nitrogen and oxygen atoms in total. The van der Waals surface area contributed by atoms with Gasteiger partial charge in [0, 0.05) is 19.3 Å². The molecule has 0 radical (unpaired) electrons. The fourth-order valence-electron chi connectivity index (χ4n) is 7.03. The van der Waals surface area contributed by atoms with Crippen molar-refractivity contribution in [2.24, 2.45) is 0 Å². The first kappa shape index (κ1) is 63.8. The Labute approximate surface area is 418 Å². The molecule has 0 fully saturated rings. The molecule has 68 heavy (non-hydrogen) atoms. The Kier molecular flexibility index (Phi) is 52.0. The summed E-state index contributed by atoms with van der Waals surface area (Å²) in [6, 6.07) is 0. The summed E-state index contributed by atoms with van der Waals surface area (Å²) in [7, 11) is 0. The average molecular weight is 941 g/mol. The minimum absolute atomic E-state index is 0.115. The maximum atomic E-state index is 12.8. The van der Waals surface area contributed by atoms with Crippen molar-refractivity contribution in [1.29, 1.82) is 0 Å². The minimum Gasteiger partial charge on any atom is -0.462 e. The van der Waals surface area contributed by atoms with E-state index in [9.17, 15) is 14.4 Å². The molecular formula is C62H100O6. The third-order valence-electron chi connectivity index (χ3n) is 11.2. The molecule has 0 heterocycles. The van der Waals surface area contributed by atoms with Gasteiger partial charge in [0.25, 0.3) is 0 Å². The van der Waals surface area contributed by atoms with E-state index in [1.807, 2.05) is 0 Å². The molecule has 1 atom stereocenters. The third kappa shape index (κ3) is 52.8. The zero-order valence-corrected chi connectivity index (χ0v) is 43.8. The molecule has 0 spiro atoms. The molecule has 384 valence electrons. The number of hydrogen-bond donors (Lipinski definition) is 0. The lowest BCUT2D eigenvalue weighted by atomic mass is 10.1. The zero-order chi connectivity index (χ0) is 49.3. The lowest BCUT2D eigenvalue weighted by Gasteiger charge is -2.18. The van der Waals surface area contributed by atoms with Crippen molar-refractivity contribution < 1.29 is 28.6 Å². The quantitative estimate of drug-likeness (QED) is 0.0262. The number of unbranched alkanes of at least 4 members (excludes halogenated alkanes) is 17. The highest BCUT2D eigenvalue weighted by Gasteiger charge is 2.19. The van der Waals surface area contributed by atoms with Crippen molar-refractivity contribution in [3.05, 3.63) is 122 Å². The molecule has 0 aliphatic rings. The second kappa shape index (κ2) is 55.4. The summed E-state index contributed by atoms with van der Waals surface area (Å²) in [5.41, 5.74) is 0. The van der Waals surface area contributed by atoms with Gasteiger partial charge in [-0.25, -0.2) is 0 Å². The van der Waals surface area contributed by atoms with Gasteiger partial charge in [0.1, 0.15) is 13.2 Å². The van der Waals surface area contributed by atoms with Crippen LogP contribution in [-0.2, 0) is 28.6 Å². The molecule has 0 saturated heterocycles. The lowest BCUT2D eigenvalue weighted by molar-refractivity contribution is -0.167. The van der Waals surface area contributed by atoms with Gasteiger partial charge in [-0.1, -0.05) is 213 Å². The van der Waals surface area contributed by atoms with E-state index in [0.717, 1.165) is 128 Å². The fourth-order valence-corrected chi connectivity index (χ4v) is 7.03. The SMILES string of the molecule is CC/C=C\C/C=C\C/C=C\C/C=C\C/C=C\CCCC(=O)O[C@H](COC(=O)CCCCCCC/C=C\C/C=C\CCCC)COC(=O)CCCCCCCC/C=C\C/C=C\C/C=C\CCCCC. The van der Waals surface area contributed by atoms with Gasteiger partial charge in [-0.2, -0.15) is 0 Å². The molecule has 0 aliphatic heterocycles.